The number of nitrogens with zero attached hydrogens (tertiary/aromatic N) is 3. The summed E-state index contributed by atoms with van der Waals surface area (Å²) in [5, 5.41) is 145. The normalized spacial score (nSPS) is 10.1. The molecule has 0 atom stereocenters. The van der Waals surface area contributed by atoms with Crippen LogP contribution in [-0.2, 0) is 32.7 Å². The molecule has 13 N–H and O–H groups in total. The Morgan fingerprint density at radius 1 is 0.212 bits per heavy atom. The molecule has 18 nitrogen and oxygen atoms in total. The number of benzene rings is 5. The van der Waals surface area contributed by atoms with Crippen LogP contribution in [0.2, 0.25) is 0 Å². The van der Waals surface area contributed by atoms with Gasteiger partial charge in [0.25, 0.3) is 0 Å². The van der Waals surface area contributed by atoms with Crippen LogP contribution < -0.4 is 9.47 Å². The Labute approximate surface area is 511 Å². The van der Waals surface area contributed by atoms with E-state index < -0.39 is 0 Å². The third kappa shape index (κ3) is 20.0. The van der Waals surface area contributed by atoms with E-state index in [9.17, 15) is 66.4 Å². The number of aromatic hydroxyl groups is 13. The maximum atomic E-state index is 11.5. The zero-order valence-electron chi connectivity index (χ0n) is 57.3. The molecule has 0 aromatic heterocycles. The molecule has 0 saturated heterocycles. The largest absolute Gasteiger partial charge is 0.507 e. The fraction of sp³-hybridized carbons (Fsp3) is 0.552. The van der Waals surface area contributed by atoms with Crippen LogP contribution in [0.4, 0.5) is 0 Å². The Kier molecular flexibility index (Phi) is 41.6. The van der Waals surface area contributed by atoms with Crippen molar-refractivity contribution in [3.63, 3.8) is 0 Å². The highest BCUT2D eigenvalue weighted by Gasteiger charge is 2.29. The zero-order chi connectivity index (χ0) is 67.8. The molecule has 0 unspecified atom stereocenters. The molecule has 0 aliphatic carbocycles. The van der Waals surface area contributed by atoms with Crippen molar-refractivity contribution >= 4 is 0 Å². The van der Waals surface area contributed by atoms with Crippen LogP contribution in [0.3, 0.4) is 0 Å². The van der Waals surface area contributed by atoms with Gasteiger partial charge in [-0.05, 0) is 69.2 Å². The average Bonchev–Trinajstić information content (AvgIpc) is 2.35. The fourth-order valence-electron chi connectivity index (χ4n) is 9.01. The van der Waals surface area contributed by atoms with Gasteiger partial charge >= 0.3 is 0 Å². The molecule has 5 rings (SSSR count). The van der Waals surface area contributed by atoms with E-state index >= 15 is 0 Å². The molecular formula is C67H115N3O15. The number of ether oxygens (including phenoxy) is 2. The van der Waals surface area contributed by atoms with Gasteiger partial charge in [0, 0.05) is 115 Å². The lowest BCUT2D eigenvalue weighted by Crippen LogP contribution is -2.39. The Morgan fingerprint density at radius 3 is 0.541 bits per heavy atom. The highest BCUT2D eigenvalue weighted by Crippen LogP contribution is 2.47. The van der Waals surface area contributed by atoms with E-state index in [2.05, 4.69) is 0 Å². The topological polar surface area (TPSA) is 291 Å². The minimum Gasteiger partial charge on any atom is -0.507 e. The first-order chi connectivity index (χ1) is 40.2. The van der Waals surface area contributed by atoms with Gasteiger partial charge in [-0.3, -0.25) is 14.7 Å². The molecule has 18 heteroatoms. The summed E-state index contributed by atoms with van der Waals surface area (Å²) in [4.78, 5) is 5.40. The lowest BCUT2D eigenvalue weighted by molar-refractivity contribution is 0.152. The first-order valence-corrected chi connectivity index (χ1v) is 30.2. The standard InChI is InChI=1S/C51H67N3O15.8C2H6/c1-22-37(55)23(2)43(61)32(42(22)60)17-52(13-15-53(18-33-44(62)24(3)38(56)25(4)45(33)63)20-35-48(66)28(7)40(58)30(9)50(35)68-11)14-16-54(19-34-46(64)26(5)39(57)27(6)47(34)65)21-36-49(67)29(8)41(59)31(10)51(36)69-12;8*1-2/h55-67H,13-21H2,1-12H3;8*1-2H3. The van der Waals surface area contributed by atoms with Gasteiger partial charge in [-0.15, -0.1) is 0 Å². The second kappa shape index (κ2) is 41.9. The molecule has 0 aliphatic rings. The lowest BCUT2D eigenvalue weighted by atomic mass is 9.99. The molecule has 488 valence electrons. The van der Waals surface area contributed by atoms with E-state index in [1.54, 1.807) is 37.5 Å². The first-order valence-electron chi connectivity index (χ1n) is 30.2. The van der Waals surface area contributed by atoms with Crippen molar-refractivity contribution in [2.24, 2.45) is 0 Å². The zero-order valence-corrected chi connectivity index (χ0v) is 57.3. The molecule has 5 aromatic carbocycles. The van der Waals surface area contributed by atoms with Crippen LogP contribution in [0.15, 0.2) is 0 Å². The van der Waals surface area contributed by atoms with E-state index in [-0.39, 0.29) is 217 Å². The highest BCUT2D eigenvalue weighted by molar-refractivity contribution is 5.64. The first kappa shape index (κ1) is 84.4. The van der Waals surface area contributed by atoms with Crippen LogP contribution >= 0.6 is 0 Å². The Balaban J connectivity index is -0.00000189. The maximum Gasteiger partial charge on any atom is 0.133 e. The van der Waals surface area contributed by atoms with Crippen molar-refractivity contribution in [1.82, 2.24) is 14.7 Å². The predicted molar refractivity (Wildman–Crippen MR) is 349 cm³/mol. The number of methoxy groups -OCH3 is 2. The lowest BCUT2D eigenvalue weighted by Gasteiger charge is -2.32. The third-order valence-electron chi connectivity index (χ3n) is 13.7. The molecule has 0 bridgehead atoms. The van der Waals surface area contributed by atoms with Gasteiger partial charge in [0.2, 0.25) is 0 Å². The van der Waals surface area contributed by atoms with E-state index in [0.29, 0.717) is 11.1 Å². The van der Waals surface area contributed by atoms with Crippen LogP contribution in [-0.4, -0.2) is 121 Å². The Morgan fingerprint density at radius 2 is 0.353 bits per heavy atom. The fourth-order valence-corrected chi connectivity index (χ4v) is 9.01. The summed E-state index contributed by atoms with van der Waals surface area (Å²) in [6.07, 6.45) is 0. The summed E-state index contributed by atoms with van der Waals surface area (Å²) < 4.78 is 11.4. The van der Waals surface area contributed by atoms with Crippen molar-refractivity contribution in [2.45, 2.75) is 213 Å². The smallest absolute Gasteiger partial charge is 0.133 e. The number of phenolic OH excluding ortho intramolecular Hbond substituents is 13. The van der Waals surface area contributed by atoms with E-state index in [4.69, 9.17) is 9.47 Å². The summed E-state index contributed by atoms with van der Waals surface area (Å²) in [6.45, 7) is 47.0. The van der Waals surface area contributed by atoms with Crippen LogP contribution in [0.25, 0.3) is 0 Å². The minimum absolute atomic E-state index is 0.0682. The van der Waals surface area contributed by atoms with Crippen molar-refractivity contribution < 1.29 is 75.9 Å². The number of hydrogen-bond acceptors (Lipinski definition) is 18. The number of phenols is 13. The van der Waals surface area contributed by atoms with Gasteiger partial charge in [0.15, 0.2) is 0 Å². The molecule has 0 heterocycles. The van der Waals surface area contributed by atoms with Crippen molar-refractivity contribution in [3.05, 3.63) is 83.5 Å². The molecule has 0 radical (unpaired) electrons. The third-order valence-corrected chi connectivity index (χ3v) is 13.7. The second-order valence-electron chi connectivity index (χ2n) is 17.9. The van der Waals surface area contributed by atoms with Gasteiger partial charge in [0.1, 0.15) is 86.2 Å². The molecule has 0 saturated carbocycles. The number of hydrogen-bond donors (Lipinski definition) is 13. The monoisotopic (exact) mass is 1200 g/mol. The van der Waals surface area contributed by atoms with Gasteiger partial charge in [0.05, 0.1) is 42.0 Å². The van der Waals surface area contributed by atoms with E-state index in [1.807, 2.05) is 116 Å². The van der Waals surface area contributed by atoms with Crippen molar-refractivity contribution in [2.75, 3.05) is 40.4 Å². The van der Waals surface area contributed by atoms with Gasteiger partial charge in [-0.1, -0.05) is 111 Å². The molecule has 0 fully saturated rings. The van der Waals surface area contributed by atoms with Gasteiger partial charge in [-0.2, -0.15) is 0 Å². The average molecular weight is 1200 g/mol. The van der Waals surface area contributed by atoms with Crippen LogP contribution in [0, 0.1) is 69.2 Å². The summed E-state index contributed by atoms with van der Waals surface area (Å²) in [5.41, 5.74) is 2.61. The molecule has 85 heavy (non-hydrogen) atoms. The van der Waals surface area contributed by atoms with Gasteiger partial charge in [-0.25, -0.2) is 0 Å². The summed E-state index contributed by atoms with van der Waals surface area (Å²) >= 11 is 0. The van der Waals surface area contributed by atoms with Crippen LogP contribution in [0.5, 0.6) is 86.2 Å². The predicted octanol–water partition coefficient (Wildman–Crippen LogP) is 15.4. The molecule has 0 amide bonds. The summed E-state index contributed by atoms with van der Waals surface area (Å²) in [6, 6.07) is 0. The van der Waals surface area contributed by atoms with E-state index in [1.165, 1.54) is 55.8 Å². The SMILES string of the molecule is CC.CC.CC.CC.CC.CC.CC.CC.COc1c(C)c(O)c(C)c(O)c1CN(CCN(CCN(Cc1c(O)c(C)c(O)c(C)c1O)Cc1c(O)c(C)c(O)c(C)c1OC)Cc1c(O)c(C)c(O)c(C)c1O)Cc1c(O)c(C)c(O)c(C)c1O. The second-order valence-corrected chi connectivity index (χ2v) is 17.9. The van der Waals surface area contributed by atoms with Gasteiger partial charge < -0.3 is 75.9 Å². The quantitative estimate of drug-likeness (QED) is 0.0388. The molecule has 5 aromatic rings. The molecule has 0 spiro atoms. The Hall–Kier alpha value is -7.02. The maximum absolute atomic E-state index is 11.5. The van der Waals surface area contributed by atoms with E-state index in [0.717, 1.165) is 0 Å². The molecular weight excluding hydrogens is 1090 g/mol. The minimum atomic E-state index is -0.364. The summed E-state index contributed by atoms with van der Waals surface area (Å²) in [5.74, 6) is -3.53. The Bertz CT molecular complexity index is 2570. The highest BCUT2D eigenvalue weighted by atomic mass is 16.5. The van der Waals surface area contributed by atoms with Crippen LogP contribution in [0.1, 0.15) is 194 Å². The number of rotatable bonds is 18. The molecule has 0 aliphatic heterocycles. The van der Waals surface area contributed by atoms with Crippen molar-refractivity contribution in [1.29, 1.82) is 0 Å². The summed E-state index contributed by atoms with van der Waals surface area (Å²) in [7, 11) is 2.78. The van der Waals surface area contributed by atoms with Crippen molar-refractivity contribution in [3.8, 4) is 86.2 Å².